The van der Waals surface area contributed by atoms with Gasteiger partial charge in [0, 0.05) is 16.6 Å². The van der Waals surface area contributed by atoms with Crippen LogP contribution in [-0.2, 0) is 10.8 Å². The zero-order valence-corrected chi connectivity index (χ0v) is 9.92. The molecule has 2 nitrogen and oxygen atoms in total. The summed E-state index contributed by atoms with van der Waals surface area (Å²) >= 11 is 1.76. The second kappa shape index (κ2) is 4.80. The molecule has 0 radical (unpaired) electrons. The first-order chi connectivity index (χ1) is 6.10. The molecule has 0 aromatic carbocycles. The van der Waals surface area contributed by atoms with Crippen molar-refractivity contribution >= 4 is 22.6 Å². The quantitative estimate of drug-likeness (QED) is 0.787. The highest BCUT2D eigenvalue weighted by atomic mass is 32.2. The fraction of sp³-hybridized carbons (Fsp3) is 1.00. The highest BCUT2D eigenvalue weighted by Crippen LogP contribution is 2.42. The first-order valence-corrected chi connectivity index (χ1v) is 7.11. The molecule has 78 valence electrons. The van der Waals surface area contributed by atoms with E-state index in [1.165, 1.54) is 0 Å². The lowest BCUT2D eigenvalue weighted by Crippen LogP contribution is -2.30. The molecule has 0 spiro atoms. The average Bonchev–Trinajstić information content (AvgIpc) is 2.32. The van der Waals surface area contributed by atoms with Gasteiger partial charge in [-0.05, 0) is 31.9 Å². The highest BCUT2D eigenvalue weighted by molar-refractivity contribution is 8.12. The Morgan fingerprint density at radius 3 is 2.77 bits per heavy atom. The molecule has 1 N–H and O–H groups in total. The molecule has 0 unspecified atom stereocenters. The van der Waals surface area contributed by atoms with E-state index in [1.807, 2.05) is 0 Å². The summed E-state index contributed by atoms with van der Waals surface area (Å²) in [6.45, 7) is 3.87. The van der Waals surface area contributed by atoms with Crippen molar-refractivity contribution in [3.8, 4) is 0 Å². The third-order valence-electron chi connectivity index (χ3n) is 2.32. The van der Waals surface area contributed by atoms with Gasteiger partial charge in [-0.3, -0.25) is 4.21 Å². The van der Waals surface area contributed by atoms with E-state index in [0.717, 1.165) is 24.3 Å². The fourth-order valence-corrected chi connectivity index (χ4v) is 5.76. The zero-order chi connectivity index (χ0) is 9.90. The minimum atomic E-state index is -0.737. The monoisotopic (exact) mass is 222 g/mol. The third kappa shape index (κ3) is 2.70. The smallest absolute Gasteiger partial charge is 0.0933 e. The molecule has 0 bridgehead atoms. The lowest BCUT2D eigenvalue weighted by Gasteiger charge is -2.27. The van der Waals surface area contributed by atoms with Crippen LogP contribution in [0.1, 0.15) is 33.1 Å². The number of thioether (sulfide) groups is 1. The van der Waals surface area contributed by atoms with Crippen LogP contribution in [0.15, 0.2) is 0 Å². The van der Waals surface area contributed by atoms with E-state index in [-0.39, 0.29) is 10.2 Å². The number of rotatable bonds is 4. The van der Waals surface area contributed by atoms with E-state index < -0.39 is 10.8 Å². The van der Waals surface area contributed by atoms with Crippen molar-refractivity contribution in [3.05, 3.63) is 0 Å². The SMILES string of the molecule is CCS[C@]1(C[C@H](C)O)CCC[S@]1=O. The summed E-state index contributed by atoms with van der Waals surface area (Å²) < 4.78 is 11.7. The Morgan fingerprint density at radius 1 is 1.69 bits per heavy atom. The van der Waals surface area contributed by atoms with Gasteiger partial charge >= 0.3 is 0 Å². The van der Waals surface area contributed by atoms with Crippen LogP contribution in [0.3, 0.4) is 0 Å². The van der Waals surface area contributed by atoms with Crippen LogP contribution in [-0.4, -0.2) is 31.0 Å². The Hall–Kier alpha value is 0.460. The average molecular weight is 222 g/mol. The Labute approximate surface area is 86.9 Å². The summed E-state index contributed by atoms with van der Waals surface area (Å²) in [6.07, 6.45) is 2.40. The van der Waals surface area contributed by atoms with Gasteiger partial charge in [0.2, 0.25) is 0 Å². The van der Waals surface area contributed by atoms with E-state index in [0.29, 0.717) is 6.42 Å². The fourth-order valence-electron chi connectivity index (χ4n) is 1.88. The lowest BCUT2D eigenvalue weighted by molar-refractivity contribution is 0.179. The molecular formula is C9H18O2S2. The van der Waals surface area contributed by atoms with Gasteiger partial charge in [0.25, 0.3) is 0 Å². The van der Waals surface area contributed by atoms with E-state index in [9.17, 15) is 9.32 Å². The Bertz CT molecular complexity index is 194. The molecule has 1 fully saturated rings. The van der Waals surface area contributed by atoms with Gasteiger partial charge < -0.3 is 5.11 Å². The Kier molecular flexibility index (Phi) is 4.26. The molecule has 1 aliphatic heterocycles. The van der Waals surface area contributed by atoms with E-state index in [2.05, 4.69) is 6.92 Å². The molecule has 0 saturated carbocycles. The maximum absolute atomic E-state index is 11.8. The number of aliphatic hydroxyl groups excluding tert-OH is 1. The molecule has 1 saturated heterocycles. The second-order valence-corrected chi connectivity index (χ2v) is 7.34. The van der Waals surface area contributed by atoms with Crippen LogP contribution in [0.5, 0.6) is 0 Å². The molecule has 4 heteroatoms. The summed E-state index contributed by atoms with van der Waals surface area (Å²) in [4.78, 5) is 0. The van der Waals surface area contributed by atoms with E-state index >= 15 is 0 Å². The van der Waals surface area contributed by atoms with Crippen LogP contribution in [0.2, 0.25) is 0 Å². The van der Waals surface area contributed by atoms with Crippen molar-refractivity contribution < 1.29 is 9.32 Å². The standard InChI is InChI=1S/C9H18O2S2/c1-3-12-9(7-8(2)10)5-4-6-13(9)11/h8,10H,3-7H2,1-2H3/t8-,9+,13+/m0/s1. The molecule has 13 heavy (non-hydrogen) atoms. The topological polar surface area (TPSA) is 37.3 Å². The van der Waals surface area contributed by atoms with Crippen LogP contribution in [0.25, 0.3) is 0 Å². The molecule has 1 aliphatic rings. The van der Waals surface area contributed by atoms with Crippen molar-refractivity contribution in [1.29, 1.82) is 0 Å². The summed E-state index contributed by atoms with van der Waals surface area (Å²) in [6, 6.07) is 0. The molecule has 0 amide bonds. The van der Waals surface area contributed by atoms with Crippen LogP contribution in [0.4, 0.5) is 0 Å². The van der Waals surface area contributed by atoms with Gasteiger partial charge in [-0.25, -0.2) is 0 Å². The second-order valence-electron chi connectivity index (χ2n) is 3.55. The first kappa shape index (κ1) is 11.5. The minimum absolute atomic E-state index is 0.136. The molecule has 0 aliphatic carbocycles. The van der Waals surface area contributed by atoms with Crippen molar-refractivity contribution in [1.82, 2.24) is 0 Å². The molecule has 1 rings (SSSR count). The normalized spacial score (nSPS) is 36.4. The molecule has 0 aromatic rings. The Balaban J connectivity index is 2.68. The largest absolute Gasteiger partial charge is 0.393 e. The number of hydrogen-bond donors (Lipinski definition) is 1. The van der Waals surface area contributed by atoms with Gasteiger partial charge in [-0.2, -0.15) is 0 Å². The molecule has 3 atom stereocenters. The zero-order valence-electron chi connectivity index (χ0n) is 8.28. The van der Waals surface area contributed by atoms with Gasteiger partial charge in [0.05, 0.1) is 10.2 Å². The third-order valence-corrected chi connectivity index (χ3v) is 6.27. The molecule has 0 aromatic heterocycles. The van der Waals surface area contributed by atoms with Crippen molar-refractivity contribution in [2.75, 3.05) is 11.5 Å². The van der Waals surface area contributed by atoms with E-state index in [4.69, 9.17) is 0 Å². The minimum Gasteiger partial charge on any atom is -0.393 e. The van der Waals surface area contributed by atoms with Gasteiger partial charge in [-0.1, -0.05) is 6.92 Å². The molecule has 1 heterocycles. The van der Waals surface area contributed by atoms with Gasteiger partial charge in [0.1, 0.15) is 0 Å². The van der Waals surface area contributed by atoms with Crippen molar-refractivity contribution in [2.24, 2.45) is 0 Å². The Morgan fingerprint density at radius 2 is 2.38 bits per heavy atom. The van der Waals surface area contributed by atoms with Crippen LogP contribution < -0.4 is 0 Å². The van der Waals surface area contributed by atoms with Crippen LogP contribution in [0, 0.1) is 0 Å². The summed E-state index contributed by atoms with van der Waals surface area (Å²) in [5.41, 5.74) is 0. The number of aliphatic hydroxyl groups is 1. The summed E-state index contributed by atoms with van der Waals surface area (Å²) in [5.74, 6) is 1.80. The van der Waals surface area contributed by atoms with Crippen LogP contribution >= 0.6 is 11.8 Å². The highest BCUT2D eigenvalue weighted by Gasteiger charge is 2.41. The maximum Gasteiger partial charge on any atom is 0.0933 e. The number of hydrogen-bond acceptors (Lipinski definition) is 3. The predicted octanol–water partition coefficient (Wildman–Crippen LogP) is 1.75. The summed E-state index contributed by atoms with van der Waals surface area (Å²) in [5, 5.41) is 9.37. The lowest BCUT2D eigenvalue weighted by atomic mass is 10.1. The molecular weight excluding hydrogens is 204 g/mol. The van der Waals surface area contributed by atoms with Gasteiger partial charge in [-0.15, -0.1) is 11.8 Å². The van der Waals surface area contributed by atoms with E-state index in [1.54, 1.807) is 18.7 Å². The first-order valence-electron chi connectivity index (χ1n) is 4.81. The summed E-state index contributed by atoms with van der Waals surface area (Å²) in [7, 11) is -0.737. The van der Waals surface area contributed by atoms with Gasteiger partial charge in [0.15, 0.2) is 0 Å². The predicted molar refractivity (Wildman–Crippen MR) is 59.4 cm³/mol. The van der Waals surface area contributed by atoms with Crippen molar-refractivity contribution in [2.45, 2.75) is 43.3 Å². The van der Waals surface area contributed by atoms with Crippen molar-refractivity contribution in [3.63, 3.8) is 0 Å². The maximum atomic E-state index is 11.8.